The first-order valence-electron chi connectivity index (χ1n) is 11.8. The number of likely N-dealkylation sites (tertiary alicyclic amines) is 1. The molecule has 0 spiro atoms. The number of pyridine rings is 1. The average molecular weight is 500 g/mol. The maximum Gasteiger partial charge on any atom is 0.244 e. The number of H-pyrrole nitrogens is 1. The number of rotatable bonds is 4. The highest BCUT2D eigenvalue weighted by Gasteiger charge is 2.41. The van der Waals surface area contributed by atoms with Crippen molar-refractivity contribution < 1.29 is 19.4 Å². The van der Waals surface area contributed by atoms with Crippen LogP contribution in [0.15, 0.2) is 30.6 Å². The first-order chi connectivity index (χ1) is 16.5. The fourth-order valence-corrected chi connectivity index (χ4v) is 5.24. The Kier molecular flexibility index (Phi) is 5.99. The fourth-order valence-electron chi connectivity index (χ4n) is 5.03. The summed E-state index contributed by atoms with van der Waals surface area (Å²) in [5, 5.41) is 15.6. The molecule has 10 heteroatoms. The van der Waals surface area contributed by atoms with Crippen LogP contribution in [0.5, 0.6) is 0 Å². The van der Waals surface area contributed by atoms with Gasteiger partial charge in [-0.3, -0.25) is 19.5 Å². The van der Waals surface area contributed by atoms with E-state index in [1.54, 1.807) is 30.3 Å². The van der Waals surface area contributed by atoms with Crippen molar-refractivity contribution in [3.63, 3.8) is 0 Å². The van der Waals surface area contributed by atoms with Gasteiger partial charge in [-0.1, -0.05) is 11.6 Å². The number of ether oxygens (including phenoxy) is 1. The first-order valence-corrected chi connectivity index (χ1v) is 12.1. The molecule has 2 atom stereocenters. The van der Waals surface area contributed by atoms with E-state index < -0.39 is 17.2 Å². The predicted octanol–water partition coefficient (Wildman–Crippen LogP) is 2.77. The Hall–Kier alpha value is -2.72. The van der Waals surface area contributed by atoms with Crippen LogP contribution in [0.1, 0.15) is 27.2 Å². The molecular formula is C25H30ClN5O4. The van der Waals surface area contributed by atoms with Crippen molar-refractivity contribution in [1.29, 1.82) is 0 Å². The summed E-state index contributed by atoms with van der Waals surface area (Å²) < 4.78 is 5.96. The van der Waals surface area contributed by atoms with Gasteiger partial charge >= 0.3 is 0 Å². The highest BCUT2D eigenvalue weighted by molar-refractivity contribution is 6.33. The van der Waals surface area contributed by atoms with Crippen molar-refractivity contribution in [2.75, 3.05) is 38.1 Å². The Morgan fingerprint density at radius 1 is 1.29 bits per heavy atom. The van der Waals surface area contributed by atoms with E-state index in [0.29, 0.717) is 36.8 Å². The number of carbonyl (C=O) groups is 2. The van der Waals surface area contributed by atoms with E-state index in [9.17, 15) is 14.7 Å². The molecular weight excluding hydrogens is 470 g/mol. The maximum atomic E-state index is 13.5. The Labute approximate surface area is 208 Å². The number of nitrogens with zero attached hydrogens (tertiary/aromatic N) is 3. The number of halogens is 1. The smallest absolute Gasteiger partial charge is 0.244 e. The van der Waals surface area contributed by atoms with E-state index in [1.807, 2.05) is 30.9 Å². The summed E-state index contributed by atoms with van der Waals surface area (Å²) >= 11 is 6.39. The summed E-state index contributed by atoms with van der Waals surface area (Å²) in [4.78, 5) is 37.5. The van der Waals surface area contributed by atoms with Crippen LogP contribution in [0.2, 0.25) is 5.02 Å². The summed E-state index contributed by atoms with van der Waals surface area (Å²) in [7, 11) is 0. The number of fused-ring (bicyclic) bond motifs is 3. The molecule has 186 valence electrons. The molecule has 5 rings (SSSR count). The number of anilines is 1. The number of hydrogen-bond acceptors (Lipinski definition) is 6. The van der Waals surface area contributed by atoms with Crippen LogP contribution < -0.4 is 5.32 Å². The second kappa shape index (κ2) is 8.74. The van der Waals surface area contributed by atoms with Gasteiger partial charge in [-0.25, -0.2) is 0 Å². The van der Waals surface area contributed by atoms with Crippen LogP contribution in [0.4, 0.5) is 5.69 Å². The molecule has 2 aromatic heterocycles. The molecule has 4 heterocycles. The number of nitrogens with one attached hydrogen (secondary N) is 2. The van der Waals surface area contributed by atoms with Crippen LogP contribution in [-0.4, -0.2) is 86.7 Å². The molecule has 3 N–H and O–H groups in total. The number of amides is 2. The number of aromatic amines is 1. The quantitative estimate of drug-likeness (QED) is 0.509. The number of benzene rings is 1. The number of β-amino-alcohol motifs (C(OH)–C–C–N with tert-alkyl or cyclic N) is 1. The third kappa shape index (κ3) is 4.86. The van der Waals surface area contributed by atoms with Gasteiger partial charge in [-0.15, -0.1) is 0 Å². The Morgan fingerprint density at radius 3 is 2.83 bits per heavy atom. The van der Waals surface area contributed by atoms with Gasteiger partial charge in [0.05, 0.1) is 47.3 Å². The number of hydrogen-bond donors (Lipinski definition) is 3. The molecule has 0 saturated carbocycles. The molecule has 0 bridgehead atoms. The third-order valence-electron chi connectivity index (χ3n) is 6.83. The van der Waals surface area contributed by atoms with Crippen molar-refractivity contribution in [2.45, 2.75) is 44.4 Å². The monoisotopic (exact) mass is 499 g/mol. The van der Waals surface area contributed by atoms with E-state index in [4.69, 9.17) is 16.3 Å². The lowest BCUT2D eigenvalue weighted by atomic mass is 10.0. The van der Waals surface area contributed by atoms with Gasteiger partial charge in [0, 0.05) is 41.6 Å². The van der Waals surface area contributed by atoms with Crippen molar-refractivity contribution in [3.8, 4) is 0 Å². The number of aliphatic hydroxyl groups is 1. The SMILES string of the molecule is CC1(O)CCN(C(=O)CN2CC(C)(C)OC[C@H]2C(=O)Nc2cc(Cl)cc3c2[nH]c2cnccc23)C1. The van der Waals surface area contributed by atoms with E-state index in [1.165, 1.54) is 0 Å². The van der Waals surface area contributed by atoms with E-state index in [0.717, 1.165) is 21.8 Å². The number of morpholine rings is 1. The first kappa shape index (κ1) is 24.0. The minimum atomic E-state index is -0.871. The Morgan fingerprint density at radius 2 is 2.09 bits per heavy atom. The van der Waals surface area contributed by atoms with Gasteiger partial charge in [0.25, 0.3) is 0 Å². The van der Waals surface area contributed by atoms with Crippen molar-refractivity contribution >= 4 is 50.9 Å². The largest absolute Gasteiger partial charge is 0.388 e. The minimum absolute atomic E-state index is 0.0734. The standard InChI is InChI=1S/C25H30ClN5O4/c1-24(2)13-31(11-21(32)30-7-5-25(3,34)14-30)20(12-35-24)23(33)29-18-9-15(26)8-17-16-4-6-27-10-19(16)28-22(17)18/h4,6,8-10,20,28,34H,5,7,11-14H2,1-3H3,(H,29,33)/t20-,25?/m0/s1. The maximum absolute atomic E-state index is 13.5. The summed E-state index contributed by atoms with van der Waals surface area (Å²) in [6, 6.07) is 4.80. The fraction of sp³-hybridized carbons (Fsp3) is 0.480. The van der Waals surface area contributed by atoms with Crippen molar-refractivity contribution in [2.24, 2.45) is 0 Å². The molecule has 1 aromatic carbocycles. The third-order valence-corrected chi connectivity index (χ3v) is 7.05. The average Bonchev–Trinajstić information content (AvgIpc) is 3.33. The molecule has 35 heavy (non-hydrogen) atoms. The summed E-state index contributed by atoms with van der Waals surface area (Å²) in [5.41, 5.74) is 0.784. The minimum Gasteiger partial charge on any atom is -0.388 e. The molecule has 2 saturated heterocycles. The van der Waals surface area contributed by atoms with Gasteiger partial charge in [-0.05, 0) is 45.4 Å². The van der Waals surface area contributed by atoms with Crippen LogP contribution in [0.25, 0.3) is 21.8 Å². The molecule has 9 nitrogen and oxygen atoms in total. The highest BCUT2D eigenvalue weighted by Crippen LogP contribution is 2.33. The van der Waals surface area contributed by atoms with Crippen molar-refractivity contribution in [1.82, 2.24) is 19.8 Å². The van der Waals surface area contributed by atoms with Crippen LogP contribution in [0, 0.1) is 0 Å². The lowest BCUT2D eigenvalue weighted by molar-refractivity contribution is -0.150. The second-order valence-corrected chi connectivity index (χ2v) is 10.9. The van der Waals surface area contributed by atoms with E-state index in [-0.39, 0.29) is 25.0 Å². The van der Waals surface area contributed by atoms with Crippen LogP contribution in [0.3, 0.4) is 0 Å². The summed E-state index contributed by atoms with van der Waals surface area (Å²) in [5.74, 6) is -0.381. The summed E-state index contributed by atoms with van der Waals surface area (Å²) in [6.45, 7) is 7.08. The zero-order valence-corrected chi connectivity index (χ0v) is 20.9. The van der Waals surface area contributed by atoms with Gasteiger partial charge in [0.15, 0.2) is 0 Å². The normalized spacial score (nSPS) is 24.8. The number of aromatic nitrogens is 2. The molecule has 1 unspecified atom stereocenters. The molecule has 0 aliphatic carbocycles. The zero-order valence-electron chi connectivity index (χ0n) is 20.1. The van der Waals surface area contributed by atoms with Crippen molar-refractivity contribution in [3.05, 3.63) is 35.6 Å². The Bertz CT molecular complexity index is 1300. The number of carbonyl (C=O) groups excluding carboxylic acids is 2. The molecule has 2 aliphatic rings. The molecule has 2 aliphatic heterocycles. The zero-order chi connectivity index (χ0) is 25.0. The summed E-state index contributed by atoms with van der Waals surface area (Å²) in [6.07, 6.45) is 3.99. The topological polar surface area (TPSA) is 111 Å². The predicted molar refractivity (Wildman–Crippen MR) is 134 cm³/mol. The van der Waals surface area contributed by atoms with Crippen LogP contribution >= 0.6 is 11.6 Å². The molecule has 3 aromatic rings. The van der Waals surface area contributed by atoms with Gasteiger partial charge in [0.2, 0.25) is 11.8 Å². The lowest BCUT2D eigenvalue weighted by Gasteiger charge is -2.43. The van der Waals surface area contributed by atoms with E-state index >= 15 is 0 Å². The van der Waals surface area contributed by atoms with E-state index in [2.05, 4.69) is 15.3 Å². The van der Waals surface area contributed by atoms with Gasteiger partial charge in [-0.2, -0.15) is 0 Å². The molecule has 2 fully saturated rings. The molecule has 2 amide bonds. The molecule has 0 radical (unpaired) electrons. The van der Waals surface area contributed by atoms with Gasteiger partial charge < -0.3 is 25.0 Å². The highest BCUT2D eigenvalue weighted by atomic mass is 35.5. The van der Waals surface area contributed by atoms with Gasteiger partial charge in [0.1, 0.15) is 6.04 Å². The Balaban J connectivity index is 1.39. The lowest BCUT2D eigenvalue weighted by Crippen LogP contribution is -2.60. The van der Waals surface area contributed by atoms with Crippen LogP contribution in [-0.2, 0) is 14.3 Å². The second-order valence-electron chi connectivity index (χ2n) is 10.5.